The van der Waals surface area contributed by atoms with Crippen molar-refractivity contribution in [3.8, 4) is 0 Å². The first-order chi connectivity index (χ1) is 9.74. The van der Waals surface area contributed by atoms with Crippen molar-refractivity contribution in [2.75, 3.05) is 31.1 Å². The Morgan fingerprint density at radius 1 is 1.20 bits per heavy atom. The Hall–Kier alpha value is -1.13. The van der Waals surface area contributed by atoms with E-state index in [1.54, 1.807) is 0 Å². The molecule has 0 aromatic carbocycles. The number of nitrogens with two attached hydrogens (primary N) is 1. The van der Waals surface area contributed by atoms with E-state index in [0.717, 1.165) is 24.8 Å². The van der Waals surface area contributed by atoms with Crippen LogP contribution in [0.3, 0.4) is 0 Å². The van der Waals surface area contributed by atoms with Crippen molar-refractivity contribution in [2.45, 2.75) is 44.7 Å². The third kappa shape index (κ3) is 2.96. The van der Waals surface area contributed by atoms with Crippen LogP contribution in [0.4, 0.5) is 5.69 Å². The minimum atomic E-state index is 0.0173. The van der Waals surface area contributed by atoms with Crippen molar-refractivity contribution < 1.29 is 0 Å². The third-order valence-electron chi connectivity index (χ3n) is 4.67. The van der Waals surface area contributed by atoms with Gasteiger partial charge in [-0.15, -0.1) is 0 Å². The molecule has 0 bridgehead atoms. The van der Waals surface area contributed by atoms with Crippen LogP contribution in [-0.2, 0) is 0 Å². The molecule has 3 rings (SSSR count). The van der Waals surface area contributed by atoms with Crippen LogP contribution in [0, 0.1) is 0 Å². The maximum atomic E-state index is 5.85. The first-order valence-electron chi connectivity index (χ1n) is 7.94. The molecule has 20 heavy (non-hydrogen) atoms. The number of nitrogens with zero attached hydrogens (tertiary/aromatic N) is 3. The average Bonchev–Trinajstić information content (AvgIpc) is 2.98. The fourth-order valence-corrected chi connectivity index (χ4v) is 3.41. The molecule has 2 atom stereocenters. The summed E-state index contributed by atoms with van der Waals surface area (Å²) in [6.45, 7) is 6.87. The summed E-state index contributed by atoms with van der Waals surface area (Å²) in [5, 5.41) is 0. The molecular weight excluding hydrogens is 248 g/mol. The Bertz CT molecular complexity index is 423. The van der Waals surface area contributed by atoms with Crippen LogP contribution < -0.4 is 10.6 Å². The fourth-order valence-electron chi connectivity index (χ4n) is 3.41. The zero-order chi connectivity index (χ0) is 13.9. The summed E-state index contributed by atoms with van der Waals surface area (Å²) in [5.74, 6) is 0. The first-order valence-corrected chi connectivity index (χ1v) is 7.94. The maximum absolute atomic E-state index is 5.85. The number of likely N-dealkylation sites (tertiary alicyclic amines) is 1. The molecule has 1 unspecified atom stereocenters. The lowest BCUT2D eigenvalue weighted by Crippen LogP contribution is -2.40. The van der Waals surface area contributed by atoms with E-state index >= 15 is 0 Å². The first kappa shape index (κ1) is 13.8. The van der Waals surface area contributed by atoms with Gasteiger partial charge in [-0.3, -0.25) is 9.88 Å². The smallest absolute Gasteiger partial charge is 0.0569 e. The summed E-state index contributed by atoms with van der Waals surface area (Å²) in [6, 6.07) is 4.99. The Labute approximate surface area is 122 Å². The normalized spacial score (nSPS) is 25.9. The SMILES string of the molecule is C[C@H](N)c1ccc(N2CCC(N3CCCCC3)C2)cn1. The minimum absolute atomic E-state index is 0.0173. The van der Waals surface area contributed by atoms with E-state index in [1.165, 1.54) is 44.5 Å². The molecule has 1 aromatic heterocycles. The van der Waals surface area contributed by atoms with Crippen LogP contribution in [0.2, 0.25) is 0 Å². The van der Waals surface area contributed by atoms with E-state index in [2.05, 4.69) is 26.9 Å². The third-order valence-corrected chi connectivity index (χ3v) is 4.67. The number of aromatic nitrogens is 1. The minimum Gasteiger partial charge on any atom is -0.369 e. The molecule has 2 fully saturated rings. The number of hydrogen-bond donors (Lipinski definition) is 1. The fraction of sp³-hybridized carbons (Fsp3) is 0.688. The lowest BCUT2D eigenvalue weighted by Gasteiger charge is -2.32. The Morgan fingerprint density at radius 3 is 2.65 bits per heavy atom. The van der Waals surface area contributed by atoms with Crippen molar-refractivity contribution in [1.82, 2.24) is 9.88 Å². The van der Waals surface area contributed by atoms with Gasteiger partial charge in [-0.1, -0.05) is 6.42 Å². The van der Waals surface area contributed by atoms with E-state index in [4.69, 9.17) is 5.73 Å². The van der Waals surface area contributed by atoms with Crippen molar-refractivity contribution in [1.29, 1.82) is 0 Å². The van der Waals surface area contributed by atoms with Gasteiger partial charge in [0.2, 0.25) is 0 Å². The second-order valence-corrected chi connectivity index (χ2v) is 6.22. The molecule has 0 aliphatic carbocycles. The van der Waals surface area contributed by atoms with Gasteiger partial charge in [0, 0.05) is 25.2 Å². The second-order valence-electron chi connectivity index (χ2n) is 6.22. The lowest BCUT2D eigenvalue weighted by molar-refractivity contribution is 0.175. The predicted octanol–water partition coefficient (Wildman–Crippen LogP) is 2.17. The van der Waals surface area contributed by atoms with Gasteiger partial charge in [-0.2, -0.15) is 0 Å². The molecule has 2 N–H and O–H groups in total. The number of rotatable bonds is 3. The summed E-state index contributed by atoms with van der Waals surface area (Å²) in [7, 11) is 0. The van der Waals surface area contributed by atoms with Gasteiger partial charge in [0.05, 0.1) is 17.6 Å². The molecule has 3 heterocycles. The van der Waals surface area contributed by atoms with Gasteiger partial charge in [-0.25, -0.2) is 0 Å². The molecule has 0 amide bonds. The second kappa shape index (κ2) is 6.10. The van der Waals surface area contributed by atoms with Crippen LogP contribution >= 0.6 is 0 Å². The largest absolute Gasteiger partial charge is 0.369 e. The summed E-state index contributed by atoms with van der Waals surface area (Å²) in [5.41, 5.74) is 8.07. The molecule has 110 valence electrons. The quantitative estimate of drug-likeness (QED) is 0.917. The Balaban J connectivity index is 1.61. The number of piperidine rings is 1. The number of pyridine rings is 1. The molecular formula is C16H26N4. The standard InChI is InChI=1S/C16H26N4/c1-13(17)16-6-5-14(11-18-16)20-10-7-15(12-20)19-8-3-2-4-9-19/h5-6,11,13,15H,2-4,7-10,12,17H2,1H3/t13-,15?/m0/s1. The van der Waals surface area contributed by atoms with Crippen LogP contribution in [0.5, 0.6) is 0 Å². The summed E-state index contributed by atoms with van der Waals surface area (Å²) in [4.78, 5) is 9.64. The molecule has 4 heteroatoms. The highest BCUT2D eigenvalue weighted by molar-refractivity contribution is 5.46. The lowest BCUT2D eigenvalue weighted by atomic mass is 10.1. The van der Waals surface area contributed by atoms with E-state index in [-0.39, 0.29) is 6.04 Å². The zero-order valence-electron chi connectivity index (χ0n) is 12.5. The van der Waals surface area contributed by atoms with Crippen LogP contribution in [0.15, 0.2) is 18.3 Å². The maximum Gasteiger partial charge on any atom is 0.0569 e. The van der Waals surface area contributed by atoms with Gasteiger partial charge in [0.1, 0.15) is 0 Å². The molecule has 2 saturated heterocycles. The van der Waals surface area contributed by atoms with Crippen LogP contribution in [-0.4, -0.2) is 42.1 Å². The summed E-state index contributed by atoms with van der Waals surface area (Å²) in [6.07, 6.45) is 7.43. The molecule has 4 nitrogen and oxygen atoms in total. The van der Waals surface area contributed by atoms with Gasteiger partial charge < -0.3 is 10.6 Å². The van der Waals surface area contributed by atoms with E-state index in [9.17, 15) is 0 Å². The van der Waals surface area contributed by atoms with E-state index < -0.39 is 0 Å². The van der Waals surface area contributed by atoms with E-state index in [1.807, 2.05) is 13.1 Å². The van der Waals surface area contributed by atoms with E-state index in [0.29, 0.717) is 0 Å². The molecule has 1 aromatic rings. The van der Waals surface area contributed by atoms with Gasteiger partial charge in [0.15, 0.2) is 0 Å². The highest BCUT2D eigenvalue weighted by Gasteiger charge is 2.28. The highest BCUT2D eigenvalue weighted by atomic mass is 15.3. The summed E-state index contributed by atoms with van der Waals surface area (Å²) >= 11 is 0. The van der Waals surface area contributed by atoms with Crippen LogP contribution in [0.25, 0.3) is 0 Å². The molecule has 2 aliphatic heterocycles. The topological polar surface area (TPSA) is 45.4 Å². The van der Waals surface area contributed by atoms with Crippen molar-refractivity contribution in [3.63, 3.8) is 0 Å². The van der Waals surface area contributed by atoms with Gasteiger partial charge >= 0.3 is 0 Å². The monoisotopic (exact) mass is 274 g/mol. The van der Waals surface area contributed by atoms with Crippen molar-refractivity contribution in [3.05, 3.63) is 24.0 Å². The average molecular weight is 274 g/mol. The Morgan fingerprint density at radius 2 is 2.00 bits per heavy atom. The molecule has 2 aliphatic rings. The number of hydrogen-bond acceptors (Lipinski definition) is 4. The van der Waals surface area contributed by atoms with Crippen molar-refractivity contribution >= 4 is 5.69 Å². The highest BCUT2D eigenvalue weighted by Crippen LogP contribution is 2.25. The predicted molar refractivity (Wildman–Crippen MR) is 82.9 cm³/mol. The molecule has 0 saturated carbocycles. The van der Waals surface area contributed by atoms with Gasteiger partial charge in [-0.05, 0) is 51.4 Å². The molecule has 0 radical (unpaired) electrons. The van der Waals surface area contributed by atoms with Crippen molar-refractivity contribution in [2.24, 2.45) is 5.73 Å². The number of anilines is 1. The van der Waals surface area contributed by atoms with Gasteiger partial charge in [0.25, 0.3) is 0 Å². The summed E-state index contributed by atoms with van der Waals surface area (Å²) < 4.78 is 0. The Kier molecular flexibility index (Phi) is 4.22. The van der Waals surface area contributed by atoms with Crippen LogP contribution in [0.1, 0.15) is 44.3 Å². The molecule has 0 spiro atoms. The zero-order valence-corrected chi connectivity index (χ0v) is 12.5.